The van der Waals surface area contributed by atoms with Crippen molar-refractivity contribution in [2.75, 3.05) is 0 Å². The molecule has 0 unspecified atom stereocenters. The molecule has 0 amide bonds. The van der Waals surface area contributed by atoms with E-state index in [0.717, 1.165) is 12.8 Å². The molecule has 0 heteroatoms. The molecule has 7 aromatic rings. The zero-order valence-corrected chi connectivity index (χ0v) is 35.5. The Morgan fingerprint density at radius 2 is 0.586 bits per heavy atom. The molecular formula is C58H62. The third kappa shape index (κ3) is 10.9. The average molecular weight is 759 g/mol. The predicted molar refractivity (Wildman–Crippen MR) is 252 cm³/mol. The summed E-state index contributed by atoms with van der Waals surface area (Å²) >= 11 is 0. The second kappa shape index (κ2) is 20.3. The topological polar surface area (TPSA) is 0 Å². The van der Waals surface area contributed by atoms with Gasteiger partial charge in [-0.25, -0.2) is 0 Å². The standard InChI is InChI=1S/C58H62/c1-43-27-29-53(39-45(43)3)49-31-35-51(36-32-49)57-41-56(26-18-8-6-12-20-48-23-15-10-16-24-48)58(42-55(57)25-17-7-5-11-19-47-21-13-9-14-22-47)52-37-33-50(34-38-52)54-30-28-44(2)46(4)40-54/h9-10,13-16,21-24,27-42H,5-8,11-12,17-20,25-26H2,1-4H3. The summed E-state index contributed by atoms with van der Waals surface area (Å²) in [6, 6.07) is 59.6. The van der Waals surface area contributed by atoms with E-state index in [0.29, 0.717) is 0 Å². The van der Waals surface area contributed by atoms with Gasteiger partial charge in [0, 0.05) is 0 Å². The highest BCUT2D eigenvalue weighted by Crippen LogP contribution is 2.37. The van der Waals surface area contributed by atoms with Crippen LogP contribution in [0.2, 0.25) is 0 Å². The first-order chi connectivity index (χ1) is 28.4. The Hall–Kier alpha value is -5.46. The zero-order valence-electron chi connectivity index (χ0n) is 35.5. The number of aryl methyl sites for hydroxylation is 8. The van der Waals surface area contributed by atoms with E-state index < -0.39 is 0 Å². The minimum atomic E-state index is 1.09. The Morgan fingerprint density at radius 1 is 0.259 bits per heavy atom. The molecule has 0 saturated carbocycles. The third-order valence-electron chi connectivity index (χ3n) is 12.4. The fraction of sp³-hybridized carbons (Fsp3) is 0.276. The summed E-state index contributed by atoms with van der Waals surface area (Å²) in [5, 5.41) is 0. The Kier molecular flexibility index (Phi) is 14.3. The van der Waals surface area contributed by atoms with E-state index in [-0.39, 0.29) is 0 Å². The first kappa shape index (κ1) is 40.7. The van der Waals surface area contributed by atoms with E-state index >= 15 is 0 Å². The van der Waals surface area contributed by atoms with Crippen LogP contribution in [0.1, 0.15) is 95.9 Å². The molecule has 0 N–H and O–H groups in total. The van der Waals surface area contributed by atoms with Gasteiger partial charge in [0.2, 0.25) is 0 Å². The van der Waals surface area contributed by atoms with Crippen molar-refractivity contribution in [3.63, 3.8) is 0 Å². The smallest absolute Gasteiger partial charge is 0.0149 e. The maximum absolute atomic E-state index is 2.58. The third-order valence-corrected chi connectivity index (χ3v) is 12.4. The van der Waals surface area contributed by atoms with Crippen molar-refractivity contribution in [3.8, 4) is 44.5 Å². The minimum absolute atomic E-state index is 1.09. The van der Waals surface area contributed by atoms with E-state index in [9.17, 15) is 0 Å². The van der Waals surface area contributed by atoms with E-state index in [4.69, 9.17) is 0 Å². The molecule has 0 fully saturated rings. The van der Waals surface area contributed by atoms with Crippen LogP contribution in [0.3, 0.4) is 0 Å². The Balaban J connectivity index is 1.17. The SMILES string of the molecule is Cc1ccc(-c2ccc(-c3cc(CCCCCCc4ccccc4)c(-c4ccc(-c5ccc(C)c(C)c5)cc4)cc3CCCCCCc3ccccc3)cc2)cc1C. The Labute approximate surface area is 350 Å². The van der Waals surface area contributed by atoms with Gasteiger partial charge < -0.3 is 0 Å². The van der Waals surface area contributed by atoms with Gasteiger partial charge in [0.15, 0.2) is 0 Å². The predicted octanol–water partition coefficient (Wildman–Crippen LogP) is 16.3. The van der Waals surface area contributed by atoms with Gasteiger partial charge >= 0.3 is 0 Å². The van der Waals surface area contributed by atoms with Crippen LogP contribution in [0, 0.1) is 27.7 Å². The van der Waals surface area contributed by atoms with Crippen molar-refractivity contribution in [2.24, 2.45) is 0 Å². The second-order valence-electron chi connectivity index (χ2n) is 16.7. The number of benzene rings is 7. The van der Waals surface area contributed by atoms with Crippen LogP contribution in [0.15, 0.2) is 158 Å². The summed E-state index contributed by atoms with van der Waals surface area (Å²) in [5.74, 6) is 0. The molecule has 0 aliphatic heterocycles. The molecule has 0 nitrogen and oxygen atoms in total. The molecular weight excluding hydrogens is 697 g/mol. The lowest BCUT2D eigenvalue weighted by Gasteiger charge is -2.19. The van der Waals surface area contributed by atoms with Crippen LogP contribution < -0.4 is 0 Å². The minimum Gasteiger partial charge on any atom is -0.0622 e. The normalized spacial score (nSPS) is 11.2. The molecule has 0 aliphatic carbocycles. The van der Waals surface area contributed by atoms with Crippen molar-refractivity contribution in [2.45, 2.75) is 105 Å². The molecule has 7 aromatic carbocycles. The first-order valence-electron chi connectivity index (χ1n) is 22.0. The molecule has 0 atom stereocenters. The van der Waals surface area contributed by atoms with Crippen molar-refractivity contribution < 1.29 is 0 Å². The van der Waals surface area contributed by atoms with Gasteiger partial charge in [0.1, 0.15) is 0 Å². The lowest BCUT2D eigenvalue weighted by molar-refractivity contribution is 0.638. The molecule has 0 saturated heterocycles. The lowest BCUT2D eigenvalue weighted by Crippen LogP contribution is -1.99. The molecule has 0 spiro atoms. The van der Waals surface area contributed by atoms with Crippen molar-refractivity contribution in [1.82, 2.24) is 0 Å². The molecule has 0 bridgehead atoms. The maximum Gasteiger partial charge on any atom is -0.0149 e. The monoisotopic (exact) mass is 758 g/mol. The molecule has 0 aliphatic rings. The van der Waals surface area contributed by atoms with Gasteiger partial charge in [0.25, 0.3) is 0 Å². The summed E-state index contributed by atoms with van der Waals surface area (Å²) in [6.45, 7) is 8.81. The summed E-state index contributed by atoms with van der Waals surface area (Å²) < 4.78 is 0. The van der Waals surface area contributed by atoms with Crippen LogP contribution in [-0.4, -0.2) is 0 Å². The van der Waals surface area contributed by atoms with Gasteiger partial charge in [0.05, 0.1) is 0 Å². The Bertz CT molecular complexity index is 2170. The summed E-state index contributed by atoms with van der Waals surface area (Å²) in [4.78, 5) is 0. The van der Waals surface area contributed by atoms with Crippen LogP contribution in [-0.2, 0) is 25.7 Å². The van der Waals surface area contributed by atoms with E-state index in [1.807, 2.05) is 0 Å². The van der Waals surface area contributed by atoms with Crippen molar-refractivity contribution >= 4 is 0 Å². The van der Waals surface area contributed by atoms with Crippen LogP contribution in [0.4, 0.5) is 0 Å². The fourth-order valence-corrected chi connectivity index (χ4v) is 8.45. The summed E-state index contributed by atoms with van der Waals surface area (Å²) in [7, 11) is 0. The summed E-state index contributed by atoms with van der Waals surface area (Å²) in [6.07, 6.45) is 14.5. The summed E-state index contributed by atoms with van der Waals surface area (Å²) in [5.41, 5.74) is 21.8. The van der Waals surface area contributed by atoms with Gasteiger partial charge in [-0.2, -0.15) is 0 Å². The number of rotatable bonds is 18. The molecule has 294 valence electrons. The van der Waals surface area contributed by atoms with Crippen LogP contribution >= 0.6 is 0 Å². The first-order valence-corrected chi connectivity index (χ1v) is 22.0. The average Bonchev–Trinajstić information content (AvgIpc) is 3.26. The highest BCUT2D eigenvalue weighted by Gasteiger charge is 2.15. The maximum atomic E-state index is 2.58. The van der Waals surface area contributed by atoms with E-state index in [2.05, 4.69) is 185 Å². The van der Waals surface area contributed by atoms with Crippen LogP contribution in [0.5, 0.6) is 0 Å². The van der Waals surface area contributed by atoms with Gasteiger partial charge in [-0.05, 0) is 168 Å². The molecule has 0 radical (unpaired) electrons. The highest BCUT2D eigenvalue weighted by atomic mass is 14.2. The molecule has 0 aromatic heterocycles. The highest BCUT2D eigenvalue weighted by molar-refractivity contribution is 5.79. The van der Waals surface area contributed by atoms with Crippen molar-refractivity contribution in [3.05, 3.63) is 202 Å². The zero-order chi connectivity index (χ0) is 40.1. The molecule has 7 rings (SSSR count). The Morgan fingerprint density at radius 3 is 0.948 bits per heavy atom. The van der Waals surface area contributed by atoms with Gasteiger partial charge in [-0.15, -0.1) is 0 Å². The largest absolute Gasteiger partial charge is 0.0622 e. The van der Waals surface area contributed by atoms with Gasteiger partial charge in [-0.1, -0.05) is 183 Å². The number of unbranched alkanes of at least 4 members (excludes halogenated alkanes) is 6. The van der Waals surface area contributed by atoms with Crippen molar-refractivity contribution in [1.29, 1.82) is 0 Å². The quantitative estimate of drug-likeness (QED) is 0.0765. The van der Waals surface area contributed by atoms with E-state index in [1.54, 1.807) is 0 Å². The lowest BCUT2D eigenvalue weighted by atomic mass is 9.86. The second-order valence-corrected chi connectivity index (χ2v) is 16.7. The number of hydrogen-bond donors (Lipinski definition) is 0. The number of hydrogen-bond acceptors (Lipinski definition) is 0. The fourth-order valence-electron chi connectivity index (χ4n) is 8.45. The molecule has 0 heterocycles. The van der Waals surface area contributed by atoms with E-state index in [1.165, 1.54) is 153 Å². The van der Waals surface area contributed by atoms with Crippen LogP contribution in [0.25, 0.3) is 44.5 Å². The van der Waals surface area contributed by atoms with Gasteiger partial charge in [-0.3, -0.25) is 0 Å². The molecule has 58 heavy (non-hydrogen) atoms.